The van der Waals surface area contributed by atoms with E-state index >= 15 is 0 Å². The highest BCUT2D eigenvalue weighted by molar-refractivity contribution is 9.10. The maximum Gasteiger partial charge on any atom is 0.137 e. The second kappa shape index (κ2) is 7.80. The zero-order chi connectivity index (χ0) is 17.8. The molecule has 1 aromatic heterocycles. The number of methoxy groups -OCH3 is 1. The molecule has 25 heavy (non-hydrogen) atoms. The van der Waals surface area contributed by atoms with Gasteiger partial charge in [-0.15, -0.1) is 0 Å². The van der Waals surface area contributed by atoms with Crippen LogP contribution in [-0.4, -0.2) is 16.7 Å². The summed E-state index contributed by atoms with van der Waals surface area (Å²) in [5.74, 6) is 1.41. The molecule has 0 saturated heterocycles. The van der Waals surface area contributed by atoms with E-state index in [1.807, 2.05) is 42.1 Å². The number of nitrogens with zero attached hydrogens (tertiary/aromatic N) is 2. The Morgan fingerprint density at radius 2 is 2.08 bits per heavy atom. The number of imidazole rings is 1. The Balaban J connectivity index is 1.92. The van der Waals surface area contributed by atoms with Crippen LogP contribution in [0, 0.1) is 5.82 Å². The number of rotatable bonds is 6. The summed E-state index contributed by atoms with van der Waals surface area (Å²) in [7, 11) is 3.62. The molecule has 130 valence electrons. The van der Waals surface area contributed by atoms with Crippen molar-refractivity contribution in [1.82, 2.24) is 14.9 Å². The summed E-state index contributed by atoms with van der Waals surface area (Å²) in [6.45, 7) is 0.564. The fourth-order valence-corrected chi connectivity index (χ4v) is 3.20. The van der Waals surface area contributed by atoms with E-state index in [1.165, 1.54) is 6.07 Å². The van der Waals surface area contributed by atoms with Crippen molar-refractivity contribution in [1.29, 1.82) is 0 Å². The minimum Gasteiger partial charge on any atom is -0.496 e. The monoisotopic (exact) mass is 403 g/mol. The lowest BCUT2D eigenvalue weighted by atomic mass is 10.0. The van der Waals surface area contributed by atoms with Crippen molar-refractivity contribution in [2.45, 2.75) is 12.6 Å². The average Bonchev–Trinajstić information content (AvgIpc) is 3.04. The van der Waals surface area contributed by atoms with Gasteiger partial charge in [-0.05, 0) is 39.7 Å². The van der Waals surface area contributed by atoms with Crippen molar-refractivity contribution in [2.75, 3.05) is 7.11 Å². The third-order valence-electron chi connectivity index (χ3n) is 4.06. The number of aryl methyl sites for hydroxylation is 1. The first-order valence-corrected chi connectivity index (χ1v) is 8.67. The van der Waals surface area contributed by atoms with Gasteiger partial charge in [0.25, 0.3) is 0 Å². The van der Waals surface area contributed by atoms with Gasteiger partial charge in [-0.1, -0.05) is 24.3 Å². The van der Waals surface area contributed by atoms with Gasteiger partial charge < -0.3 is 9.30 Å². The number of benzene rings is 2. The van der Waals surface area contributed by atoms with Gasteiger partial charge in [-0.25, -0.2) is 9.37 Å². The van der Waals surface area contributed by atoms with Gasteiger partial charge in [0.2, 0.25) is 0 Å². The van der Waals surface area contributed by atoms with Crippen molar-refractivity contribution < 1.29 is 9.13 Å². The van der Waals surface area contributed by atoms with Gasteiger partial charge in [-0.2, -0.15) is 0 Å². The van der Waals surface area contributed by atoms with Gasteiger partial charge in [0, 0.05) is 31.5 Å². The molecule has 0 aliphatic rings. The third kappa shape index (κ3) is 3.91. The minimum atomic E-state index is -0.269. The van der Waals surface area contributed by atoms with Crippen LogP contribution in [0.1, 0.15) is 23.0 Å². The van der Waals surface area contributed by atoms with Gasteiger partial charge in [0.15, 0.2) is 0 Å². The molecule has 0 aliphatic heterocycles. The van der Waals surface area contributed by atoms with Gasteiger partial charge in [0.05, 0.1) is 17.6 Å². The van der Waals surface area contributed by atoms with Crippen LogP contribution in [-0.2, 0) is 13.6 Å². The maximum absolute atomic E-state index is 13.4. The smallest absolute Gasteiger partial charge is 0.137 e. The molecule has 0 aliphatic carbocycles. The molecule has 1 atom stereocenters. The Morgan fingerprint density at radius 3 is 2.76 bits per heavy atom. The van der Waals surface area contributed by atoms with E-state index < -0.39 is 0 Å². The molecule has 0 amide bonds. The molecule has 4 nitrogen and oxygen atoms in total. The number of hydrogen-bond acceptors (Lipinski definition) is 3. The first-order valence-electron chi connectivity index (χ1n) is 7.87. The van der Waals surface area contributed by atoms with E-state index in [0.29, 0.717) is 11.0 Å². The fraction of sp³-hybridized carbons (Fsp3) is 0.211. The Kier molecular flexibility index (Phi) is 5.50. The minimum absolute atomic E-state index is 0.153. The maximum atomic E-state index is 13.4. The summed E-state index contributed by atoms with van der Waals surface area (Å²) >= 11 is 3.23. The summed E-state index contributed by atoms with van der Waals surface area (Å²) in [5, 5.41) is 3.51. The normalized spacial score (nSPS) is 12.2. The molecule has 2 aromatic carbocycles. The fourth-order valence-electron chi connectivity index (χ4n) is 2.77. The highest BCUT2D eigenvalue weighted by Crippen LogP contribution is 2.29. The number of ether oxygens (including phenoxy) is 1. The molecule has 0 radical (unpaired) electrons. The van der Waals surface area contributed by atoms with Crippen LogP contribution < -0.4 is 10.1 Å². The van der Waals surface area contributed by atoms with E-state index in [4.69, 9.17) is 4.74 Å². The van der Waals surface area contributed by atoms with Crippen LogP contribution in [0.5, 0.6) is 5.75 Å². The quantitative estimate of drug-likeness (QED) is 0.669. The van der Waals surface area contributed by atoms with Gasteiger partial charge in [0.1, 0.15) is 17.4 Å². The van der Waals surface area contributed by atoms with E-state index in [9.17, 15) is 4.39 Å². The molecule has 3 aromatic rings. The summed E-state index contributed by atoms with van der Waals surface area (Å²) in [6.07, 6.45) is 3.68. The zero-order valence-corrected chi connectivity index (χ0v) is 15.6. The SMILES string of the molecule is COc1ccccc1[C@@H](NCc1ccc(F)c(Br)c1)c1nccn1C. The molecule has 0 saturated carbocycles. The molecule has 0 unspecified atom stereocenters. The zero-order valence-electron chi connectivity index (χ0n) is 14.0. The summed E-state index contributed by atoms with van der Waals surface area (Å²) in [6, 6.07) is 12.7. The van der Waals surface area contributed by atoms with E-state index in [-0.39, 0.29) is 11.9 Å². The Hall–Kier alpha value is -2.18. The molecule has 1 N–H and O–H groups in total. The van der Waals surface area contributed by atoms with Crippen LogP contribution in [0.25, 0.3) is 0 Å². The molecular weight excluding hydrogens is 385 g/mol. The van der Waals surface area contributed by atoms with E-state index in [0.717, 1.165) is 22.7 Å². The number of halogens is 2. The van der Waals surface area contributed by atoms with E-state index in [1.54, 1.807) is 25.4 Å². The molecule has 3 rings (SSSR count). The van der Waals surface area contributed by atoms with Crippen LogP contribution in [0.3, 0.4) is 0 Å². The first kappa shape index (κ1) is 17.6. The summed E-state index contributed by atoms with van der Waals surface area (Å²) < 4.78 is 21.4. The first-order chi connectivity index (χ1) is 12.1. The molecular formula is C19H19BrFN3O. The topological polar surface area (TPSA) is 39.1 Å². The molecule has 0 fully saturated rings. The predicted octanol–water partition coefficient (Wildman–Crippen LogP) is 4.21. The predicted molar refractivity (Wildman–Crippen MR) is 99.0 cm³/mol. The lowest BCUT2D eigenvalue weighted by Crippen LogP contribution is -2.25. The van der Waals surface area contributed by atoms with Crippen molar-refractivity contribution in [3.8, 4) is 5.75 Å². The highest BCUT2D eigenvalue weighted by atomic mass is 79.9. The number of nitrogens with one attached hydrogen (secondary N) is 1. The van der Waals surface area contributed by atoms with Crippen molar-refractivity contribution in [3.63, 3.8) is 0 Å². The number of hydrogen-bond donors (Lipinski definition) is 1. The second-order valence-electron chi connectivity index (χ2n) is 5.70. The molecule has 0 bridgehead atoms. The Bertz CT molecular complexity index is 865. The average molecular weight is 404 g/mol. The number of para-hydroxylation sites is 1. The van der Waals surface area contributed by atoms with Gasteiger partial charge in [-0.3, -0.25) is 5.32 Å². The van der Waals surface area contributed by atoms with Crippen LogP contribution in [0.2, 0.25) is 0 Å². The van der Waals surface area contributed by atoms with Crippen molar-refractivity contribution in [2.24, 2.45) is 7.05 Å². The van der Waals surface area contributed by atoms with Gasteiger partial charge >= 0.3 is 0 Å². The number of aromatic nitrogens is 2. The van der Waals surface area contributed by atoms with Crippen molar-refractivity contribution >= 4 is 15.9 Å². The highest BCUT2D eigenvalue weighted by Gasteiger charge is 2.21. The lowest BCUT2D eigenvalue weighted by Gasteiger charge is -2.21. The molecule has 6 heteroatoms. The second-order valence-corrected chi connectivity index (χ2v) is 6.56. The Morgan fingerprint density at radius 1 is 1.28 bits per heavy atom. The largest absolute Gasteiger partial charge is 0.496 e. The lowest BCUT2D eigenvalue weighted by molar-refractivity contribution is 0.401. The molecule has 0 spiro atoms. The summed E-state index contributed by atoms with van der Waals surface area (Å²) in [4.78, 5) is 4.49. The summed E-state index contributed by atoms with van der Waals surface area (Å²) in [5.41, 5.74) is 1.97. The standard InChI is InChI=1S/C19H19BrFN3O/c1-24-10-9-22-19(24)18(14-5-3-4-6-17(14)25-2)23-12-13-7-8-16(21)15(20)11-13/h3-11,18,23H,12H2,1-2H3/t18-/m1/s1. The van der Waals surface area contributed by atoms with E-state index in [2.05, 4.69) is 26.2 Å². The van der Waals surface area contributed by atoms with Crippen LogP contribution in [0.4, 0.5) is 4.39 Å². The van der Waals surface area contributed by atoms with Crippen molar-refractivity contribution in [3.05, 3.63) is 82.1 Å². The van der Waals surface area contributed by atoms with Crippen LogP contribution in [0.15, 0.2) is 59.3 Å². The van der Waals surface area contributed by atoms with Crippen LogP contribution >= 0.6 is 15.9 Å². The third-order valence-corrected chi connectivity index (χ3v) is 4.67. The Labute approximate surface area is 154 Å². The molecule has 1 heterocycles.